The highest BCUT2D eigenvalue weighted by molar-refractivity contribution is 5.84. The van der Waals surface area contributed by atoms with Gasteiger partial charge in [0.15, 0.2) is 0 Å². The molecule has 1 aromatic carbocycles. The number of carbonyl (C=O) groups is 2. The monoisotopic (exact) mass is 373 g/mol. The van der Waals surface area contributed by atoms with Gasteiger partial charge in [0.05, 0.1) is 12.8 Å². The van der Waals surface area contributed by atoms with E-state index >= 15 is 0 Å². The number of nitrogens with zero attached hydrogens (tertiary/aromatic N) is 3. The second-order valence-corrected chi connectivity index (χ2v) is 7.33. The first kappa shape index (κ1) is 19.5. The van der Waals surface area contributed by atoms with Crippen LogP contribution in [0.15, 0.2) is 24.3 Å². The van der Waals surface area contributed by atoms with Crippen molar-refractivity contribution in [2.24, 2.45) is 0 Å². The van der Waals surface area contributed by atoms with E-state index in [1.54, 1.807) is 7.11 Å². The average molecular weight is 373 g/mol. The lowest BCUT2D eigenvalue weighted by atomic mass is 10.2. The number of hydrogen-bond acceptors (Lipinski definition) is 4. The molecule has 0 aromatic heterocycles. The molecule has 2 aliphatic heterocycles. The number of ether oxygens (including phenoxy) is 1. The summed E-state index contributed by atoms with van der Waals surface area (Å²) in [6.07, 6.45) is 5.25. The molecule has 6 nitrogen and oxygen atoms in total. The lowest BCUT2D eigenvalue weighted by molar-refractivity contribution is -0.137. The number of anilines is 1. The molecule has 148 valence electrons. The van der Waals surface area contributed by atoms with Gasteiger partial charge in [0.2, 0.25) is 11.8 Å². The molecule has 2 saturated heterocycles. The second-order valence-electron chi connectivity index (χ2n) is 7.33. The molecule has 2 fully saturated rings. The van der Waals surface area contributed by atoms with Gasteiger partial charge in [0, 0.05) is 52.1 Å². The highest BCUT2D eigenvalue weighted by Crippen LogP contribution is 2.28. The third-order valence-corrected chi connectivity index (χ3v) is 5.57. The summed E-state index contributed by atoms with van der Waals surface area (Å²) in [6.45, 7) is 4.65. The minimum atomic E-state index is 0.0952. The van der Waals surface area contributed by atoms with E-state index in [1.807, 2.05) is 28.0 Å². The molecule has 0 spiro atoms. The molecule has 0 N–H and O–H groups in total. The summed E-state index contributed by atoms with van der Waals surface area (Å²) in [5, 5.41) is 0. The first-order valence-electron chi connectivity index (χ1n) is 10.1. The maximum absolute atomic E-state index is 12.5. The molecule has 0 atom stereocenters. The summed E-state index contributed by atoms with van der Waals surface area (Å²) in [7, 11) is 1.68. The van der Waals surface area contributed by atoms with E-state index in [4.69, 9.17) is 4.74 Å². The number of rotatable bonds is 5. The Morgan fingerprint density at radius 3 is 1.96 bits per heavy atom. The summed E-state index contributed by atoms with van der Waals surface area (Å²) >= 11 is 0. The molecule has 0 bridgehead atoms. The van der Waals surface area contributed by atoms with Gasteiger partial charge in [-0.3, -0.25) is 9.59 Å². The fourth-order valence-corrected chi connectivity index (χ4v) is 3.94. The van der Waals surface area contributed by atoms with Crippen LogP contribution in [-0.4, -0.2) is 68.0 Å². The van der Waals surface area contributed by atoms with Crippen molar-refractivity contribution in [2.75, 3.05) is 51.3 Å². The Kier molecular flexibility index (Phi) is 6.96. The standard InChI is InChI=1S/C21H31N3O3/c1-27-19-9-5-4-8-18(19)22-14-16-24(17-15-22)21(26)11-10-20(25)23-12-6-2-3-7-13-23/h4-5,8-9H,2-3,6-7,10-17H2,1H3. The molecular weight excluding hydrogens is 342 g/mol. The SMILES string of the molecule is COc1ccccc1N1CCN(C(=O)CCC(=O)N2CCCCCC2)CC1. The fraction of sp³-hybridized carbons (Fsp3) is 0.619. The van der Waals surface area contributed by atoms with Gasteiger partial charge in [0.25, 0.3) is 0 Å². The second kappa shape index (κ2) is 9.62. The third-order valence-electron chi connectivity index (χ3n) is 5.57. The van der Waals surface area contributed by atoms with Crippen molar-refractivity contribution in [1.82, 2.24) is 9.80 Å². The van der Waals surface area contributed by atoms with Gasteiger partial charge in [-0.15, -0.1) is 0 Å². The van der Waals surface area contributed by atoms with Gasteiger partial charge < -0.3 is 19.4 Å². The van der Waals surface area contributed by atoms with Crippen LogP contribution in [-0.2, 0) is 9.59 Å². The van der Waals surface area contributed by atoms with Gasteiger partial charge in [-0.2, -0.15) is 0 Å². The van der Waals surface area contributed by atoms with Crippen LogP contribution in [0.3, 0.4) is 0 Å². The highest BCUT2D eigenvalue weighted by Gasteiger charge is 2.24. The van der Waals surface area contributed by atoms with Crippen molar-refractivity contribution in [3.8, 4) is 5.75 Å². The molecule has 0 radical (unpaired) electrons. The van der Waals surface area contributed by atoms with Crippen molar-refractivity contribution in [2.45, 2.75) is 38.5 Å². The van der Waals surface area contributed by atoms with Gasteiger partial charge >= 0.3 is 0 Å². The van der Waals surface area contributed by atoms with Gasteiger partial charge in [-0.05, 0) is 25.0 Å². The normalized spacial score (nSPS) is 18.2. The molecule has 6 heteroatoms. The van der Waals surface area contributed by atoms with Crippen molar-refractivity contribution >= 4 is 17.5 Å². The van der Waals surface area contributed by atoms with E-state index < -0.39 is 0 Å². The van der Waals surface area contributed by atoms with Crippen molar-refractivity contribution in [3.05, 3.63) is 24.3 Å². The first-order valence-corrected chi connectivity index (χ1v) is 10.1. The number of benzene rings is 1. The van der Waals surface area contributed by atoms with Crippen LogP contribution in [0.2, 0.25) is 0 Å². The van der Waals surface area contributed by atoms with Crippen LogP contribution in [0.4, 0.5) is 5.69 Å². The number of hydrogen-bond donors (Lipinski definition) is 0. The molecule has 1 aromatic rings. The maximum Gasteiger partial charge on any atom is 0.223 e. The summed E-state index contributed by atoms with van der Waals surface area (Å²) in [4.78, 5) is 31.0. The van der Waals surface area contributed by atoms with Crippen LogP contribution < -0.4 is 9.64 Å². The molecule has 2 aliphatic rings. The van der Waals surface area contributed by atoms with Gasteiger partial charge in [0.1, 0.15) is 5.75 Å². The van der Waals surface area contributed by atoms with E-state index in [0.717, 1.165) is 50.5 Å². The van der Waals surface area contributed by atoms with E-state index in [2.05, 4.69) is 11.0 Å². The average Bonchev–Trinajstić information content (AvgIpc) is 3.01. The predicted octanol–water partition coefficient (Wildman–Crippen LogP) is 2.53. The van der Waals surface area contributed by atoms with Crippen LogP contribution in [0.5, 0.6) is 5.75 Å². The Balaban J connectivity index is 1.45. The number of amides is 2. The largest absolute Gasteiger partial charge is 0.495 e. The number of carbonyl (C=O) groups excluding carboxylic acids is 2. The quantitative estimate of drug-likeness (QED) is 0.796. The lowest BCUT2D eigenvalue weighted by Crippen LogP contribution is -2.49. The molecule has 3 rings (SSSR count). The molecule has 0 aliphatic carbocycles. The summed E-state index contributed by atoms with van der Waals surface area (Å²) in [5.41, 5.74) is 1.07. The Labute approximate surface area is 162 Å². The van der Waals surface area contributed by atoms with Crippen molar-refractivity contribution in [3.63, 3.8) is 0 Å². The van der Waals surface area contributed by atoms with Crippen LogP contribution in [0, 0.1) is 0 Å². The number of likely N-dealkylation sites (tertiary alicyclic amines) is 1. The zero-order chi connectivity index (χ0) is 19.1. The van der Waals surface area contributed by atoms with E-state index in [9.17, 15) is 9.59 Å². The van der Waals surface area contributed by atoms with Crippen LogP contribution in [0.25, 0.3) is 0 Å². The number of piperazine rings is 1. The maximum atomic E-state index is 12.5. The minimum absolute atomic E-state index is 0.0952. The Hall–Kier alpha value is -2.24. The van der Waals surface area contributed by atoms with Crippen LogP contribution in [0.1, 0.15) is 38.5 Å². The molecule has 2 amide bonds. The van der Waals surface area contributed by atoms with E-state index in [0.29, 0.717) is 25.9 Å². The molecule has 0 unspecified atom stereocenters. The van der Waals surface area contributed by atoms with E-state index in [-0.39, 0.29) is 11.8 Å². The predicted molar refractivity (Wildman–Crippen MR) is 106 cm³/mol. The number of para-hydroxylation sites is 2. The van der Waals surface area contributed by atoms with E-state index in [1.165, 1.54) is 12.8 Å². The molecule has 2 heterocycles. The van der Waals surface area contributed by atoms with Gasteiger partial charge in [-0.1, -0.05) is 25.0 Å². The summed E-state index contributed by atoms with van der Waals surface area (Å²) < 4.78 is 5.44. The topological polar surface area (TPSA) is 53.1 Å². The fourth-order valence-electron chi connectivity index (χ4n) is 3.94. The Bertz CT molecular complexity index is 633. The van der Waals surface area contributed by atoms with Gasteiger partial charge in [-0.25, -0.2) is 0 Å². The molecule has 0 saturated carbocycles. The smallest absolute Gasteiger partial charge is 0.223 e. The molecule has 27 heavy (non-hydrogen) atoms. The summed E-state index contributed by atoms with van der Waals surface area (Å²) in [6, 6.07) is 7.98. The Morgan fingerprint density at radius 2 is 1.37 bits per heavy atom. The highest BCUT2D eigenvalue weighted by atomic mass is 16.5. The third kappa shape index (κ3) is 5.15. The first-order chi connectivity index (χ1) is 13.2. The summed E-state index contributed by atoms with van der Waals surface area (Å²) in [5.74, 6) is 1.09. The lowest BCUT2D eigenvalue weighted by Gasteiger charge is -2.36. The van der Waals surface area contributed by atoms with Crippen molar-refractivity contribution in [1.29, 1.82) is 0 Å². The molecular formula is C21H31N3O3. The zero-order valence-electron chi connectivity index (χ0n) is 16.4. The Morgan fingerprint density at radius 1 is 0.815 bits per heavy atom. The van der Waals surface area contributed by atoms with Crippen LogP contribution >= 0.6 is 0 Å². The zero-order valence-corrected chi connectivity index (χ0v) is 16.4. The minimum Gasteiger partial charge on any atom is -0.495 e. The van der Waals surface area contributed by atoms with Crippen molar-refractivity contribution < 1.29 is 14.3 Å². The number of methoxy groups -OCH3 is 1.